The van der Waals surface area contributed by atoms with Crippen molar-refractivity contribution < 1.29 is 4.79 Å². The summed E-state index contributed by atoms with van der Waals surface area (Å²) in [4.78, 5) is 19.0. The van der Waals surface area contributed by atoms with Crippen LogP contribution in [0.1, 0.15) is 18.1 Å². The van der Waals surface area contributed by atoms with Gasteiger partial charge in [-0.05, 0) is 30.5 Å². The molecule has 0 saturated carbocycles. The van der Waals surface area contributed by atoms with E-state index in [0.29, 0.717) is 12.5 Å². The quantitative estimate of drug-likeness (QED) is 0.407. The van der Waals surface area contributed by atoms with Crippen molar-refractivity contribution in [2.75, 3.05) is 24.5 Å². The van der Waals surface area contributed by atoms with Gasteiger partial charge in [0, 0.05) is 18.8 Å². The summed E-state index contributed by atoms with van der Waals surface area (Å²) in [6.07, 6.45) is 0.921. The number of benzene rings is 2. The van der Waals surface area contributed by atoms with Gasteiger partial charge in [-0.15, -0.1) is 24.0 Å². The first kappa shape index (κ1) is 20.2. The second-order valence-corrected chi connectivity index (χ2v) is 5.96. The molecule has 0 aliphatic carbocycles. The molecular weight excluding hydrogens is 439 g/mol. The fourth-order valence-electron chi connectivity index (χ4n) is 2.95. The molecule has 1 amide bonds. The third-order valence-electron chi connectivity index (χ3n) is 4.20. The number of hydrogen-bond acceptors (Lipinski definition) is 2. The number of guanidine groups is 1. The Morgan fingerprint density at radius 1 is 1.08 bits per heavy atom. The summed E-state index contributed by atoms with van der Waals surface area (Å²) >= 11 is 0. The molecule has 0 saturated heterocycles. The first-order valence-corrected chi connectivity index (χ1v) is 8.72. The maximum absolute atomic E-state index is 12.6. The van der Waals surface area contributed by atoms with E-state index in [9.17, 15) is 4.79 Å². The summed E-state index contributed by atoms with van der Waals surface area (Å²) in [5.74, 6) is 0.724. The molecule has 2 aromatic rings. The van der Waals surface area contributed by atoms with E-state index < -0.39 is 0 Å². The van der Waals surface area contributed by atoms with E-state index >= 15 is 0 Å². The van der Waals surface area contributed by atoms with Crippen LogP contribution in [0.3, 0.4) is 0 Å². The van der Waals surface area contributed by atoms with Gasteiger partial charge in [0.05, 0.1) is 13.1 Å². The minimum Gasteiger partial charge on any atom is -0.357 e. The van der Waals surface area contributed by atoms with Crippen molar-refractivity contribution in [3.05, 3.63) is 65.7 Å². The van der Waals surface area contributed by atoms with Crippen LogP contribution in [0.25, 0.3) is 0 Å². The Kier molecular flexibility index (Phi) is 7.90. The van der Waals surface area contributed by atoms with Crippen LogP contribution in [0.4, 0.5) is 5.69 Å². The number of para-hydroxylation sites is 1. The molecule has 0 aromatic heterocycles. The van der Waals surface area contributed by atoms with Crippen LogP contribution >= 0.6 is 24.0 Å². The number of carbonyl (C=O) groups is 1. The van der Waals surface area contributed by atoms with Crippen LogP contribution in [0.2, 0.25) is 0 Å². The van der Waals surface area contributed by atoms with Gasteiger partial charge in [0.25, 0.3) is 0 Å². The van der Waals surface area contributed by atoms with Crippen LogP contribution in [-0.4, -0.2) is 31.5 Å². The molecule has 0 spiro atoms. The fourth-order valence-corrected chi connectivity index (χ4v) is 2.95. The first-order chi connectivity index (χ1) is 12.3. The Bertz CT molecular complexity index is 748. The molecule has 0 fully saturated rings. The summed E-state index contributed by atoms with van der Waals surface area (Å²) in [5.41, 5.74) is 3.40. The smallest absolute Gasteiger partial charge is 0.246 e. The number of nitrogens with one attached hydrogen (secondary N) is 2. The van der Waals surface area contributed by atoms with E-state index in [1.807, 2.05) is 60.4 Å². The van der Waals surface area contributed by atoms with Crippen molar-refractivity contribution in [2.24, 2.45) is 4.99 Å². The molecule has 1 aliphatic rings. The molecule has 1 aliphatic heterocycles. The SMILES string of the molecule is CCNC(=NCc1ccccc1)NCC(=O)N1CCc2ccccc21.I. The fraction of sp³-hybridized carbons (Fsp3) is 0.300. The van der Waals surface area contributed by atoms with E-state index in [1.165, 1.54) is 5.56 Å². The number of anilines is 1. The van der Waals surface area contributed by atoms with Crippen LogP contribution in [0.15, 0.2) is 59.6 Å². The average Bonchev–Trinajstić information content (AvgIpc) is 3.09. The van der Waals surface area contributed by atoms with Crippen LogP contribution in [0, 0.1) is 0 Å². The van der Waals surface area contributed by atoms with Gasteiger partial charge < -0.3 is 15.5 Å². The molecule has 0 atom stereocenters. The zero-order chi connectivity index (χ0) is 17.5. The zero-order valence-electron chi connectivity index (χ0n) is 14.9. The lowest BCUT2D eigenvalue weighted by molar-refractivity contribution is -0.117. The van der Waals surface area contributed by atoms with Crippen LogP contribution in [0.5, 0.6) is 0 Å². The van der Waals surface area contributed by atoms with Gasteiger partial charge in [-0.3, -0.25) is 4.79 Å². The molecule has 138 valence electrons. The Labute approximate surface area is 171 Å². The Hall–Kier alpha value is -2.09. The predicted molar refractivity (Wildman–Crippen MR) is 117 cm³/mol. The Balaban J connectivity index is 0.00000243. The van der Waals surface area contributed by atoms with Crippen LogP contribution in [-0.2, 0) is 17.8 Å². The number of amides is 1. The van der Waals surface area contributed by atoms with E-state index in [4.69, 9.17) is 0 Å². The molecule has 26 heavy (non-hydrogen) atoms. The van der Waals surface area contributed by atoms with Crippen molar-refractivity contribution in [2.45, 2.75) is 19.9 Å². The third kappa shape index (κ3) is 5.20. The normalized spacial score (nSPS) is 13.0. The molecule has 6 heteroatoms. The van der Waals surface area contributed by atoms with E-state index in [0.717, 1.165) is 30.8 Å². The summed E-state index contributed by atoms with van der Waals surface area (Å²) in [7, 11) is 0. The Morgan fingerprint density at radius 2 is 1.81 bits per heavy atom. The molecular formula is C20H25IN4O. The number of halogens is 1. The monoisotopic (exact) mass is 464 g/mol. The summed E-state index contributed by atoms with van der Waals surface area (Å²) in [6.45, 7) is 4.32. The molecule has 3 rings (SSSR count). The van der Waals surface area contributed by atoms with Gasteiger partial charge in [0.1, 0.15) is 0 Å². The minimum absolute atomic E-state index is 0. The van der Waals surface area contributed by atoms with E-state index in [1.54, 1.807) is 0 Å². The van der Waals surface area contributed by atoms with Crippen molar-refractivity contribution >= 4 is 41.5 Å². The maximum atomic E-state index is 12.6. The second kappa shape index (κ2) is 10.2. The number of aliphatic imine (C=N–C) groups is 1. The van der Waals surface area contributed by atoms with Crippen molar-refractivity contribution in [1.29, 1.82) is 0 Å². The lowest BCUT2D eigenvalue weighted by Crippen LogP contribution is -2.44. The van der Waals surface area contributed by atoms with Crippen LogP contribution < -0.4 is 15.5 Å². The van der Waals surface area contributed by atoms with Gasteiger partial charge in [-0.1, -0.05) is 48.5 Å². The molecule has 0 bridgehead atoms. The lowest BCUT2D eigenvalue weighted by Gasteiger charge is -2.18. The molecule has 5 nitrogen and oxygen atoms in total. The van der Waals surface area contributed by atoms with Crippen molar-refractivity contribution in [1.82, 2.24) is 10.6 Å². The molecule has 0 radical (unpaired) electrons. The average molecular weight is 464 g/mol. The maximum Gasteiger partial charge on any atom is 0.246 e. The van der Waals surface area contributed by atoms with Crippen molar-refractivity contribution in [3.8, 4) is 0 Å². The second-order valence-electron chi connectivity index (χ2n) is 5.96. The molecule has 2 N–H and O–H groups in total. The highest BCUT2D eigenvalue weighted by atomic mass is 127. The van der Waals surface area contributed by atoms with Gasteiger partial charge in [0.15, 0.2) is 5.96 Å². The van der Waals surface area contributed by atoms with E-state index in [2.05, 4.69) is 21.7 Å². The van der Waals surface area contributed by atoms with E-state index in [-0.39, 0.29) is 36.4 Å². The van der Waals surface area contributed by atoms with Gasteiger partial charge in [-0.2, -0.15) is 0 Å². The minimum atomic E-state index is 0. The summed E-state index contributed by atoms with van der Waals surface area (Å²) in [5, 5.41) is 6.33. The number of nitrogens with zero attached hydrogens (tertiary/aromatic N) is 2. The standard InChI is InChI=1S/C20H24N4O.HI/c1-2-21-20(22-14-16-8-4-3-5-9-16)23-15-19(25)24-13-12-17-10-6-7-11-18(17)24;/h3-11H,2,12-15H2,1H3,(H2,21,22,23);1H. The molecule has 0 unspecified atom stereocenters. The third-order valence-corrected chi connectivity index (χ3v) is 4.20. The number of rotatable bonds is 5. The predicted octanol–water partition coefficient (Wildman–Crippen LogP) is 2.95. The number of fused-ring (bicyclic) bond motifs is 1. The van der Waals surface area contributed by atoms with Gasteiger partial charge >= 0.3 is 0 Å². The summed E-state index contributed by atoms with van der Waals surface area (Å²) < 4.78 is 0. The molecule has 1 heterocycles. The first-order valence-electron chi connectivity index (χ1n) is 8.72. The van der Waals surface area contributed by atoms with Gasteiger partial charge in [-0.25, -0.2) is 4.99 Å². The largest absolute Gasteiger partial charge is 0.357 e. The van der Waals surface area contributed by atoms with Crippen molar-refractivity contribution in [3.63, 3.8) is 0 Å². The highest BCUT2D eigenvalue weighted by Gasteiger charge is 2.23. The topological polar surface area (TPSA) is 56.7 Å². The number of carbonyl (C=O) groups excluding carboxylic acids is 1. The Morgan fingerprint density at radius 3 is 2.58 bits per heavy atom. The number of hydrogen-bond donors (Lipinski definition) is 2. The van der Waals surface area contributed by atoms with Gasteiger partial charge in [0.2, 0.25) is 5.91 Å². The lowest BCUT2D eigenvalue weighted by atomic mass is 10.2. The zero-order valence-corrected chi connectivity index (χ0v) is 17.3. The highest BCUT2D eigenvalue weighted by Crippen LogP contribution is 2.27. The molecule has 2 aromatic carbocycles. The summed E-state index contributed by atoms with van der Waals surface area (Å²) in [6, 6.07) is 18.2. The highest BCUT2D eigenvalue weighted by molar-refractivity contribution is 14.0.